The number of hydrogen-bond acceptors (Lipinski definition) is 3. The fraction of sp³-hybridized carbons (Fsp3) is 0.538. The first-order valence-corrected chi connectivity index (χ1v) is 6.06. The molecule has 16 heavy (non-hydrogen) atoms. The highest BCUT2D eigenvalue weighted by atomic mass is 16.5. The third-order valence-corrected chi connectivity index (χ3v) is 2.98. The molecule has 0 radical (unpaired) electrons. The maximum atomic E-state index is 5.98. The summed E-state index contributed by atoms with van der Waals surface area (Å²) in [6.07, 6.45) is 3.60. The summed E-state index contributed by atoms with van der Waals surface area (Å²) in [7, 11) is 0. The van der Waals surface area contributed by atoms with E-state index in [2.05, 4.69) is 4.90 Å². The predicted octanol–water partition coefficient (Wildman–Crippen LogP) is 1.84. The van der Waals surface area contributed by atoms with Crippen LogP contribution in [0, 0.1) is 0 Å². The first kappa shape index (κ1) is 11.4. The molecule has 0 saturated carbocycles. The van der Waals surface area contributed by atoms with Gasteiger partial charge in [0.05, 0.1) is 0 Å². The van der Waals surface area contributed by atoms with Crippen LogP contribution in [0.2, 0.25) is 0 Å². The van der Waals surface area contributed by atoms with E-state index >= 15 is 0 Å². The Morgan fingerprint density at radius 3 is 2.50 bits per heavy atom. The van der Waals surface area contributed by atoms with Crippen LogP contribution < -0.4 is 10.5 Å². The summed E-state index contributed by atoms with van der Waals surface area (Å²) in [5.74, 6) is 0.938. The molecular weight excluding hydrogens is 200 g/mol. The van der Waals surface area contributed by atoms with Crippen molar-refractivity contribution in [2.24, 2.45) is 5.73 Å². The summed E-state index contributed by atoms with van der Waals surface area (Å²) in [4.78, 5) is 2.39. The molecule has 1 saturated heterocycles. The van der Waals surface area contributed by atoms with Gasteiger partial charge in [0.25, 0.3) is 0 Å². The first-order chi connectivity index (χ1) is 7.90. The summed E-state index contributed by atoms with van der Waals surface area (Å²) in [5.41, 5.74) is 5.64. The van der Waals surface area contributed by atoms with E-state index in [1.165, 1.54) is 12.8 Å². The summed E-state index contributed by atoms with van der Waals surface area (Å²) in [6.45, 7) is 2.95. The minimum atomic E-state index is 0.148. The third kappa shape index (κ3) is 2.97. The number of likely N-dealkylation sites (tertiary alicyclic amines) is 1. The van der Waals surface area contributed by atoms with Gasteiger partial charge < -0.3 is 10.5 Å². The predicted molar refractivity (Wildman–Crippen MR) is 65.3 cm³/mol. The quantitative estimate of drug-likeness (QED) is 0.823. The summed E-state index contributed by atoms with van der Waals surface area (Å²) < 4.78 is 5.98. The van der Waals surface area contributed by atoms with Gasteiger partial charge in [0.2, 0.25) is 0 Å². The molecular formula is C13H20N2O. The van der Waals surface area contributed by atoms with Crippen LogP contribution in [0.3, 0.4) is 0 Å². The molecule has 1 aromatic carbocycles. The molecule has 3 heteroatoms. The number of para-hydroxylation sites is 1. The van der Waals surface area contributed by atoms with Crippen LogP contribution in [0.15, 0.2) is 30.3 Å². The molecule has 1 aliphatic rings. The molecule has 1 atom stereocenters. The molecule has 1 unspecified atom stereocenters. The number of hydrogen-bond donors (Lipinski definition) is 1. The van der Waals surface area contributed by atoms with Crippen molar-refractivity contribution < 1.29 is 4.74 Å². The molecule has 1 aliphatic heterocycles. The molecule has 0 bridgehead atoms. The molecule has 0 spiro atoms. The third-order valence-electron chi connectivity index (χ3n) is 2.98. The first-order valence-electron chi connectivity index (χ1n) is 6.06. The van der Waals surface area contributed by atoms with Crippen molar-refractivity contribution in [1.82, 2.24) is 4.90 Å². The maximum Gasteiger partial charge on any atom is 0.153 e. The lowest BCUT2D eigenvalue weighted by atomic mass is 10.3. The molecule has 88 valence electrons. The lowest BCUT2D eigenvalue weighted by molar-refractivity contribution is 0.0383. The Hall–Kier alpha value is -1.06. The number of benzene rings is 1. The van der Waals surface area contributed by atoms with E-state index in [0.717, 1.165) is 25.3 Å². The second-order valence-corrected chi connectivity index (χ2v) is 4.21. The van der Waals surface area contributed by atoms with Crippen LogP contribution in [-0.2, 0) is 0 Å². The second kappa shape index (κ2) is 5.87. The number of nitrogens with two attached hydrogens (primary N) is 1. The van der Waals surface area contributed by atoms with Crippen LogP contribution in [0.25, 0.3) is 0 Å². The fourth-order valence-corrected chi connectivity index (χ4v) is 2.14. The van der Waals surface area contributed by atoms with Gasteiger partial charge in [0.1, 0.15) is 5.75 Å². The Labute approximate surface area is 97.2 Å². The zero-order valence-corrected chi connectivity index (χ0v) is 9.64. The zero-order chi connectivity index (χ0) is 11.2. The van der Waals surface area contributed by atoms with Gasteiger partial charge in [-0.25, -0.2) is 0 Å². The van der Waals surface area contributed by atoms with Gasteiger partial charge in [-0.15, -0.1) is 0 Å². The van der Waals surface area contributed by atoms with Crippen LogP contribution in [0.1, 0.15) is 19.3 Å². The Morgan fingerprint density at radius 1 is 1.19 bits per heavy atom. The Bertz CT molecular complexity index is 296. The van der Waals surface area contributed by atoms with Crippen molar-refractivity contribution in [3.05, 3.63) is 30.3 Å². The normalized spacial score (nSPS) is 18.6. The molecule has 2 N–H and O–H groups in total. The molecule has 1 aromatic rings. The van der Waals surface area contributed by atoms with Gasteiger partial charge in [-0.3, -0.25) is 4.90 Å². The van der Waals surface area contributed by atoms with Crippen molar-refractivity contribution in [2.45, 2.75) is 25.5 Å². The van der Waals surface area contributed by atoms with Gasteiger partial charge >= 0.3 is 0 Å². The molecule has 3 nitrogen and oxygen atoms in total. The number of rotatable bonds is 5. The van der Waals surface area contributed by atoms with E-state index in [-0.39, 0.29) is 6.23 Å². The number of nitrogens with zero attached hydrogens (tertiary/aromatic N) is 1. The molecule has 0 aliphatic carbocycles. The molecule has 0 amide bonds. The second-order valence-electron chi connectivity index (χ2n) is 4.21. The summed E-state index contributed by atoms with van der Waals surface area (Å²) in [6, 6.07) is 10.00. The van der Waals surface area contributed by atoms with Crippen molar-refractivity contribution in [3.8, 4) is 5.75 Å². The van der Waals surface area contributed by atoms with Crippen molar-refractivity contribution >= 4 is 0 Å². The minimum Gasteiger partial charge on any atom is -0.475 e. The SMILES string of the molecule is NCCC(Oc1ccccc1)N1CCCC1. The highest BCUT2D eigenvalue weighted by Gasteiger charge is 2.22. The highest BCUT2D eigenvalue weighted by Crippen LogP contribution is 2.18. The molecule has 1 fully saturated rings. The minimum absolute atomic E-state index is 0.148. The van der Waals surface area contributed by atoms with Gasteiger partial charge in [0.15, 0.2) is 6.23 Å². The maximum absolute atomic E-state index is 5.98. The lowest BCUT2D eigenvalue weighted by Crippen LogP contribution is -2.38. The Kier molecular flexibility index (Phi) is 4.19. The van der Waals surface area contributed by atoms with E-state index < -0.39 is 0 Å². The van der Waals surface area contributed by atoms with Gasteiger partial charge in [0, 0.05) is 19.5 Å². The van der Waals surface area contributed by atoms with Crippen molar-refractivity contribution in [1.29, 1.82) is 0 Å². The molecule has 0 aromatic heterocycles. The smallest absolute Gasteiger partial charge is 0.153 e. The van der Waals surface area contributed by atoms with E-state index in [1.54, 1.807) is 0 Å². The van der Waals surface area contributed by atoms with Crippen LogP contribution in [0.4, 0.5) is 0 Å². The van der Waals surface area contributed by atoms with Crippen molar-refractivity contribution in [2.75, 3.05) is 19.6 Å². The monoisotopic (exact) mass is 220 g/mol. The molecule has 2 rings (SSSR count). The van der Waals surface area contributed by atoms with E-state index in [9.17, 15) is 0 Å². The topological polar surface area (TPSA) is 38.5 Å². The molecule has 1 heterocycles. The standard InChI is InChI=1S/C13H20N2O/c14-9-8-13(15-10-4-5-11-15)16-12-6-2-1-3-7-12/h1-3,6-7,13H,4-5,8-11,14H2. The Morgan fingerprint density at radius 2 is 1.88 bits per heavy atom. The zero-order valence-electron chi connectivity index (χ0n) is 9.64. The van der Waals surface area contributed by atoms with Crippen molar-refractivity contribution in [3.63, 3.8) is 0 Å². The number of ether oxygens (including phenoxy) is 1. The summed E-state index contributed by atoms with van der Waals surface area (Å²) in [5, 5.41) is 0. The highest BCUT2D eigenvalue weighted by molar-refractivity contribution is 5.21. The fourth-order valence-electron chi connectivity index (χ4n) is 2.14. The summed E-state index contributed by atoms with van der Waals surface area (Å²) >= 11 is 0. The van der Waals surface area contributed by atoms with Gasteiger partial charge in [-0.1, -0.05) is 18.2 Å². The van der Waals surface area contributed by atoms with Gasteiger partial charge in [-0.05, 0) is 31.5 Å². The largest absolute Gasteiger partial charge is 0.475 e. The lowest BCUT2D eigenvalue weighted by Gasteiger charge is -2.27. The van der Waals surface area contributed by atoms with Crippen LogP contribution >= 0.6 is 0 Å². The van der Waals surface area contributed by atoms with Crippen LogP contribution in [0.5, 0.6) is 5.75 Å². The van der Waals surface area contributed by atoms with E-state index in [0.29, 0.717) is 6.54 Å². The van der Waals surface area contributed by atoms with Gasteiger partial charge in [-0.2, -0.15) is 0 Å². The van der Waals surface area contributed by atoms with E-state index in [4.69, 9.17) is 10.5 Å². The Balaban J connectivity index is 1.96. The van der Waals surface area contributed by atoms with Crippen LogP contribution in [-0.4, -0.2) is 30.8 Å². The average molecular weight is 220 g/mol. The average Bonchev–Trinajstić information content (AvgIpc) is 2.83. The van der Waals surface area contributed by atoms with E-state index in [1.807, 2.05) is 30.3 Å².